The lowest BCUT2D eigenvalue weighted by Gasteiger charge is -1.92. The first-order valence-electron chi connectivity index (χ1n) is 7.50. The summed E-state index contributed by atoms with van der Waals surface area (Å²) in [6.45, 7) is 1.88. The average Bonchev–Trinajstić information content (AvgIpc) is 3.33. The smallest absolute Gasteiger partial charge is 0.232 e. The number of oxazole rings is 1. The van der Waals surface area contributed by atoms with Crippen molar-refractivity contribution in [2.45, 2.75) is 19.8 Å². The third kappa shape index (κ3) is 2.96. The van der Waals surface area contributed by atoms with Crippen LogP contribution in [-0.4, -0.2) is 20.3 Å². The molecule has 0 amide bonds. The predicted octanol–water partition coefficient (Wildman–Crippen LogP) is 3.20. The maximum Gasteiger partial charge on any atom is 0.232 e. The number of aryl methyl sites for hydroxylation is 1. The molecule has 1 aromatic carbocycles. The third-order valence-electron chi connectivity index (χ3n) is 3.57. The van der Waals surface area contributed by atoms with E-state index < -0.39 is 0 Å². The van der Waals surface area contributed by atoms with Gasteiger partial charge >= 0.3 is 0 Å². The molecule has 3 heterocycles. The first kappa shape index (κ1) is 14.4. The van der Waals surface area contributed by atoms with E-state index in [4.69, 9.17) is 13.5 Å². The summed E-state index contributed by atoms with van der Waals surface area (Å²) < 4.78 is 15.8. The van der Waals surface area contributed by atoms with Crippen molar-refractivity contribution in [3.8, 4) is 11.5 Å². The number of hydrogen-bond donors (Lipinski definition) is 0. The van der Waals surface area contributed by atoms with E-state index in [-0.39, 0.29) is 0 Å². The molecule has 0 saturated heterocycles. The van der Waals surface area contributed by atoms with Crippen LogP contribution in [0.3, 0.4) is 0 Å². The molecule has 7 nitrogen and oxygen atoms in total. The van der Waals surface area contributed by atoms with E-state index in [9.17, 15) is 0 Å². The normalized spacial score (nSPS) is 11.0. The van der Waals surface area contributed by atoms with Crippen LogP contribution in [0.1, 0.15) is 28.9 Å². The molecule has 0 saturated carbocycles. The minimum Gasteiger partial charge on any atom is -0.441 e. The van der Waals surface area contributed by atoms with Crippen molar-refractivity contribution < 1.29 is 13.5 Å². The molecule has 4 rings (SSSR count). The summed E-state index contributed by atoms with van der Waals surface area (Å²) in [6, 6.07) is 11.5. The number of nitrogens with zero attached hydrogens (tertiary/aromatic N) is 4. The lowest BCUT2D eigenvalue weighted by Crippen LogP contribution is -1.94. The van der Waals surface area contributed by atoms with Crippen LogP contribution in [0, 0.1) is 6.92 Å². The summed E-state index contributed by atoms with van der Waals surface area (Å²) in [7, 11) is 0. The Morgan fingerprint density at radius 2 is 1.83 bits per heavy atom. The van der Waals surface area contributed by atoms with Gasteiger partial charge in [0.2, 0.25) is 11.8 Å². The van der Waals surface area contributed by atoms with Gasteiger partial charge in [-0.1, -0.05) is 28.5 Å². The Kier molecular flexibility index (Phi) is 3.66. The highest BCUT2D eigenvalue weighted by Crippen LogP contribution is 2.22. The van der Waals surface area contributed by atoms with Gasteiger partial charge in [0.25, 0.3) is 0 Å². The third-order valence-corrected chi connectivity index (χ3v) is 3.57. The van der Waals surface area contributed by atoms with Crippen molar-refractivity contribution in [1.82, 2.24) is 20.3 Å². The highest BCUT2D eigenvalue weighted by molar-refractivity contribution is 5.53. The van der Waals surface area contributed by atoms with Crippen LogP contribution in [0.2, 0.25) is 0 Å². The van der Waals surface area contributed by atoms with E-state index in [2.05, 4.69) is 20.3 Å². The van der Waals surface area contributed by atoms with E-state index in [1.54, 1.807) is 6.07 Å². The topological polar surface area (TPSA) is 91.0 Å². The fraction of sp³-hybridized carbons (Fsp3) is 0.176. The largest absolute Gasteiger partial charge is 0.441 e. The zero-order chi connectivity index (χ0) is 16.4. The van der Waals surface area contributed by atoms with E-state index >= 15 is 0 Å². The molecule has 0 unspecified atom stereocenters. The van der Waals surface area contributed by atoms with Crippen LogP contribution < -0.4 is 0 Å². The standard InChI is InChI=1S/C17H14N4O3/c1-11-14(18-17(23-11)12-5-3-2-4-6-12)10-16-19-15(21-24-16)9-13-7-8-22-20-13/h2-8H,9-10H2,1H3. The van der Waals surface area contributed by atoms with Crippen molar-refractivity contribution >= 4 is 0 Å². The van der Waals surface area contributed by atoms with Crippen molar-refractivity contribution in [1.29, 1.82) is 0 Å². The van der Waals surface area contributed by atoms with Gasteiger partial charge in [-0.3, -0.25) is 0 Å². The molecule has 3 aromatic heterocycles. The summed E-state index contributed by atoms with van der Waals surface area (Å²) in [5.41, 5.74) is 2.47. The van der Waals surface area contributed by atoms with Crippen LogP contribution in [0.5, 0.6) is 0 Å². The van der Waals surface area contributed by atoms with Crippen LogP contribution in [0.15, 0.2) is 56.1 Å². The van der Waals surface area contributed by atoms with Gasteiger partial charge in [0.1, 0.15) is 12.0 Å². The van der Waals surface area contributed by atoms with Crippen molar-refractivity contribution in [3.63, 3.8) is 0 Å². The van der Waals surface area contributed by atoms with Gasteiger partial charge in [0, 0.05) is 11.6 Å². The Balaban J connectivity index is 1.51. The molecule has 0 aliphatic heterocycles. The molecule has 120 valence electrons. The monoisotopic (exact) mass is 322 g/mol. The Morgan fingerprint density at radius 1 is 0.958 bits per heavy atom. The molecule has 0 N–H and O–H groups in total. The summed E-state index contributed by atoms with van der Waals surface area (Å²) in [6.07, 6.45) is 2.40. The van der Waals surface area contributed by atoms with Crippen LogP contribution in [0.25, 0.3) is 11.5 Å². The summed E-state index contributed by atoms with van der Waals surface area (Å²) in [5.74, 6) is 2.38. The fourth-order valence-electron chi connectivity index (χ4n) is 2.36. The van der Waals surface area contributed by atoms with Gasteiger partial charge in [0.15, 0.2) is 5.82 Å². The molecule has 4 aromatic rings. The first-order chi connectivity index (χ1) is 11.8. The van der Waals surface area contributed by atoms with Gasteiger partial charge in [-0.2, -0.15) is 4.98 Å². The number of aromatic nitrogens is 4. The predicted molar refractivity (Wildman–Crippen MR) is 83.1 cm³/mol. The molecule has 0 fully saturated rings. The van der Waals surface area contributed by atoms with Gasteiger partial charge in [-0.05, 0) is 19.1 Å². The Hall–Kier alpha value is -3.22. The van der Waals surface area contributed by atoms with E-state index in [1.165, 1.54) is 6.26 Å². The SMILES string of the molecule is Cc1oc(-c2ccccc2)nc1Cc1nc(Cc2ccon2)no1. The quantitative estimate of drug-likeness (QED) is 0.557. The zero-order valence-electron chi connectivity index (χ0n) is 13.0. The lowest BCUT2D eigenvalue weighted by atomic mass is 10.2. The number of hydrogen-bond acceptors (Lipinski definition) is 7. The molecule has 0 aliphatic rings. The second-order valence-electron chi connectivity index (χ2n) is 5.34. The highest BCUT2D eigenvalue weighted by atomic mass is 16.5. The molecular weight excluding hydrogens is 308 g/mol. The van der Waals surface area contributed by atoms with Gasteiger partial charge in [0.05, 0.1) is 24.2 Å². The van der Waals surface area contributed by atoms with Gasteiger partial charge in [-0.15, -0.1) is 0 Å². The Bertz CT molecular complexity index is 926. The van der Waals surface area contributed by atoms with E-state index in [1.807, 2.05) is 37.3 Å². The van der Waals surface area contributed by atoms with Crippen molar-refractivity contribution in [3.05, 3.63) is 71.5 Å². The van der Waals surface area contributed by atoms with Crippen molar-refractivity contribution in [2.24, 2.45) is 0 Å². The minimum atomic E-state index is 0.425. The Morgan fingerprint density at radius 3 is 2.62 bits per heavy atom. The Labute approximate surface area is 137 Å². The van der Waals surface area contributed by atoms with E-state index in [0.717, 1.165) is 22.7 Å². The minimum absolute atomic E-state index is 0.425. The maximum atomic E-state index is 5.74. The first-order valence-corrected chi connectivity index (χ1v) is 7.50. The molecule has 0 radical (unpaired) electrons. The molecule has 0 bridgehead atoms. The van der Waals surface area contributed by atoms with Crippen LogP contribution in [-0.2, 0) is 12.8 Å². The molecule has 0 atom stereocenters. The van der Waals surface area contributed by atoms with E-state index in [0.29, 0.717) is 30.4 Å². The summed E-state index contributed by atoms with van der Waals surface area (Å²) in [4.78, 5) is 8.90. The molecular formula is C17H14N4O3. The van der Waals surface area contributed by atoms with Crippen LogP contribution >= 0.6 is 0 Å². The number of benzene rings is 1. The maximum absolute atomic E-state index is 5.74. The van der Waals surface area contributed by atoms with Gasteiger partial charge in [-0.25, -0.2) is 4.98 Å². The molecule has 0 aliphatic carbocycles. The molecule has 0 spiro atoms. The zero-order valence-corrected chi connectivity index (χ0v) is 13.0. The number of rotatable bonds is 5. The summed E-state index contributed by atoms with van der Waals surface area (Å²) >= 11 is 0. The highest BCUT2D eigenvalue weighted by Gasteiger charge is 2.16. The fourth-order valence-corrected chi connectivity index (χ4v) is 2.36. The van der Waals surface area contributed by atoms with Gasteiger partial charge < -0.3 is 13.5 Å². The summed E-state index contributed by atoms with van der Waals surface area (Å²) in [5, 5.41) is 7.79. The molecule has 24 heavy (non-hydrogen) atoms. The van der Waals surface area contributed by atoms with Crippen LogP contribution in [0.4, 0.5) is 0 Å². The lowest BCUT2D eigenvalue weighted by molar-refractivity contribution is 0.378. The molecule has 7 heteroatoms. The second kappa shape index (κ2) is 6.11. The second-order valence-corrected chi connectivity index (χ2v) is 5.34. The van der Waals surface area contributed by atoms with Crippen molar-refractivity contribution in [2.75, 3.05) is 0 Å². The average molecular weight is 322 g/mol.